The van der Waals surface area contributed by atoms with Gasteiger partial charge in [0, 0.05) is 5.41 Å². The molecule has 1 aliphatic carbocycles. The maximum Gasteiger partial charge on any atom is 0.136 e. The van der Waals surface area contributed by atoms with E-state index in [1.165, 1.54) is 0 Å². The highest BCUT2D eigenvalue weighted by molar-refractivity contribution is 5.85. The molecule has 1 heteroatoms. The van der Waals surface area contributed by atoms with Crippen molar-refractivity contribution in [2.75, 3.05) is 0 Å². The Morgan fingerprint density at radius 3 is 2.56 bits per heavy atom. The first-order valence-corrected chi connectivity index (χ1v) is 3.25. The molecule has 0 unspecified atom stereocenters. The fourth-order valence-electron chi connectivity index (χ4n) is 1.15. The summed E-state index contributed by atoms with van der Waals surface area (Å²) >= 11 is 0. The minimum absolute atomic E-state index is 0.0399. The second-order valence-electron chi connectivity index (χ2n) is 3.02. The van der Waals surface area contributed by atoms with Gasteiger partial charge in [0.1, 0.15) is 5.78 Å². The van der Waals surface area contributed by atoms with E-state index in [1.807, 2.05) is 13.0 Å². The Morgan fingerprint density at radius 1 is 1.89 bits per heavy atom. The summed E-state index contributed by atoms with van der Waals surface area (Å²) in [6.07, 6.45) is 2.88. The molecular formula is C8H12O. The van der Waals surface area contributed by atoms with Crippen molar-refractivity contribution in [3.63, 3.8) is 0 Å². The van der Waals surface area contributed by atoms with Crippen LogP contribution in [0.25, 0.3) is 0 Å². The minimum atomic E-state index is -0.0399. The lowest BCUT2D eigenvalue weighted by Crippen LogP contribution is -2.08. The molecule has 0 heterocycles. The number of allylic oxidation sites excluding steroid dienone is 1. The molecular weight excluding hydrogens is 112 g/mol. The maximum absolute atomic E-state index is 10.8. The van der Waals surface area contributed by atoms with Crippen LogP contribution in [-0.2, 0) is 4.79 Å². The van der Waals surface area contributed by atoms with Crippen molar-refractivity contribution >= 4 is 5.78 Å². The van der Waals surface area contributed by atoms with Crippen LogP contribution >= 0.6 is 0 Å². The van der Waals surface area contributed by atoms with E-state index in [9.17, 15) is 4.79 Å². The van der Waals surface area contributed by atoms with Gasteiger partial charge in [-0.05, 0) is 19.3 Å². The standard InChI is InChI=1S/C8H12O/c1-4-7-5-8(7,3)6(2)9/h4,7H,1,5H2,2-3H3/t7-,8-/m0/s1. The van der Waals surface area contributed by atoms with Crippen LogP contribution in [0.5, 0.6) is 0 Å². The highest BCUT2D eigenvalue weighted by Crippen LogP contribution is 2.53. The molecule has 0 saturated heterocycles. The Morgan fingerprint density at radius 2 is 2.44 bits per heavy atom. The third kappa shape index (κ3) is 0.805. The van der Waals surface area contributed by atoms with Crippen molar-refractivity contribution in [1.82, 2.24) is 0 Å². The Bertz CT molecular complexity index is 160. The molecule has 0 aliphatic heterocycles. The first kappa shape index (κ1) is 6.53. The highest BCUT2D eigenvalue weighted by Gasteiger charge is 2.51. The van der Waals surface area contributed by atoms with E-state index in [4.69, 9.17) is 0 Å². The monoisotopic (exact) mass is 124 g/mol. The zero-order valence-electron chi connectivity index (χ0n) is 5.98. The molecule has 0 aromatic heterocycles. The van der Waals surface area contributed by atoms with Crippen LogP contribution in [0.4, 0.5) is 0 Å². The third-order valence-electron chi connectivity index (χ3n) is 2.39. The molecule has 2 atom stereocenters. The van der Waals surface area contributed by atoms with E-state index in [0.29, 0.717) is 11.7 Å². The fourth-order valence-corrected chi connectivity index (χ4v) is 1.15. The lowest BCUT2D eigenvalue weighted by atomic mass is 10.0. The molecule has 1 nitrogen and oxygen atoms in total. The highest BCUT2D eigenvalue weighted by atomic mass is 16.1. The van der Waals surface area contributed by atoms with Crippen molar-refractivity contribution in [3.8, 4) is 0 Å². The summed E-state index contributed by atoms with van der Waals surface area (Å²) in [5.41, 5.74) is -0.0399. The van der Waals surface area contributed by atoms with Gasteiger partial charge in [-0.3, -0.25) is 4.79 Å². The van der Waals surface area contributed by atoms with Gasteiger partial charge < -0.3 is 0 Å². The summed E-state index contributed by atoms with van der Waals surface area (Å²) in [4.78, 5) is 10.8. The first-order valence-electron chi connectivity index (χ1n) is 3.25. The SMILES string of the molecule is C=C[C@H]1C[C@@]1(C)C(C)=O. The molecule has 1 rings (SSSR count). The fraction of sp³-hybridized carbons (Fsp3) is 0.625. The van der Waals surface area contributed by atoms with Crippen LogP contribution < -0.4 is 0 Å². The second-order valence-corrected chi connectivity index (χ2v) is 3.02. The van der Waals surface area contributed by atoms with Crippen molar-refractivity contribution in [2.45, 2.75) is 20.3 Å². The molecule has 0 aromatic rings. The normalized spacial score (nSPS) is 40.0. The van der Waals surface area contributed by atoms with Crippen molar-refractivity contribution < 1.29 is 4.79 Å². The Balaban J connectivity index is 2.62. The molecule has 50 valence electrons. The number of hydrogen-bond acceptors (Lipinski definition) is 1. The van der Waals surface area contributed by atoms with Crippen LogP contribution in [0.3, 0.4) is 0 Å². The quantitative estimate of drug-likeness (QED) is 0.513. The van der Waals surface area contributed by atoms with Gasteiger partial charge in [0.05, 0.1) is 0 Å². The molecule has 0 aromatic carbocycles. The van der Waals surface area contributed by atoms with Crippen LogP contribution in [0.15, 0.2) is 12.7 Å². The predicted molar refractivity (Wildman–Crippen MR) is 37.1 cm³/mol. The van der Waals surface area contributed by atoms with Crippen LogP contribution in [0.1, 0.15) is 20.3 Å². The summed E-state index contributed by atoms with van der Waals surface area (Å²) < 4.78 is 0. The van der Waals surface area contributed by atoms with Gasteiger partial charge in [-0.15, -0.1) is 6.58 Å². The molecule has 1 saturated carbocycles. The van der Waals surface area contributed by atoms with E-state index < -0.39 is 0 Å². The first-order chi connectivity index (χ1) is 4.11. The van der Waals surface area contributed by atoms with Gasteiger partial charge in [-0.25, -0.2) is 0 Å². The number of ketones is 1. The summed E-state index contributed by atoms with van der Waals surface area (Å²) in [6.45, 7) is 7.31. The molecule has 0 spiro atoms. The predicted octanol–water partition coefficient (Wildman–Crippen LogP) is 1.79. The molecule has 1 fully saturated rings. The number of carbonyl (C=O) groups excluding carboxylic acids is 1. The zero-order valence-corrected chi connectivity index (χ0v) is 5.98. The van der Waals surface area contributed by atoms with Crippen LogP contribution in [-0.4, -0.2) is 5.78 Å². The van der Waals surface area contributed by atoms with E-state index in [0.717, 1.165) is 6.42 Å². The van der Waals surface area contributed by atoms with Gasteiger partial charge in [-0.2, -0.15) is 0 Å². The van der Waals surface area contributed by atoms with Gasteiger partial charge in [-0.1, -0.05) is 13.0 Å². The van der Waals surface area contributed by atoms with Crippen LogP contribution in [0, 0.1) is 11.3 Å². The van der Waals surface area contributed by atoms with E-state index in [2.05, 4.69) is 6.58 Å². The molecule has 0 N–H and O–H groups in total. The Hall–Kier alpha value is -0.590. The summed E-state index contributed by atoms with van der Waals surface area (Å²) in [5, 5.41) is 0. The van der Waals surface area contributed by atoms with E-state index in [-0.39, 0.29) is 5.41 Å². The lowest BCUT2D eigenvalue weighted by molar-refractivity contribution is -0.121. The average Bonchev–Trinajstić information content (AvgIpc) is 2.44. The van der Waals surface area contributed by atoms with E-state index >= 15 is 0 Å². The lowest BCUT2D eigenvalue weighted by Gasteiger charge is -2.00. The summed E-state index contributed by atoms with van der Waals surface area (Å²) in [7, 11) is 0. The van der Waals surface area contributed by atoms with Gasteiger partial charge in [0.25, 0.3) is 0 Å². The van der Waals surface area contributed by atoms with Gasteiger partial charge >= 0.3 is 0 Å². The van der Waals surface area contributed by atoms with Gasteiger partial charge in [0.2, 0.25) is 0 Å². The summed E-state index contributed by atoms with van der Waals surface area (Å²) in [5.74, 6) is 0.752. The Kier molecular flexibility index (Phi) is 1.23. The zero-order chi connectivity index (χ0) is 7.07. The van der Waals surface area contributed by atoms with Crippen molar-refractivity contribution in [2.24, 2.45) is 11.3 Å². The topological polar surface area (TPSA) is 17.1 Å². The number of rotatable bonds is 2. The second kappa shape index (κ2) is 1.69. The largest absolute Gasteiger partial charge is 0.299 e. The number of hydrogen-bond donors (Lipinski definition) is 0. The van der Waals surface area contributed by atoms with Gasteiger partial charge in [0.15, 0.2) is 0 Å². The number of carbonyl (C=O) groups is 1. The smallest absolute Gasteiger partial charge is 0.136 e. The summed E-state index contributed by atoms with van der Waals surface area (Å²) in [6, 6.07) is 0. The molecule has 1 aliphatic rings. The molecule has 0 amide bonds. The molecule has 9 heavy (non-hydrogen) atoms. The van der Waals surface area contributed by atoms with Crippen molar-refractivity contribution in [1.29, 1.82) is 0 Å². The third-order valence-corrected chi connectivity index (χ3v) is 2.39. The molecule has 0 radical (unpaired) electrons. The Labute approximate surface area is 55.8 Å². The van der Waals surface area contributed by atoms with Crippen molar-refractivity contribution in [3.05, 3.63) is 12.7 Å². The average molecular weight is 124 g/mol. The molecule has 0 bridgehead atoms. The maximum atomic E-state index is 10.8. The van der Waals surface area contributed by atoms with E-state index in [1.54, 1.807) is 6.92 Å². The minimum Gasteiger partial charge on any atom is -0.299 e. The number of Topliss-reactive ketones (excluding diaryl/α,β-unsaturated/α-hetero) is 1. The van der Waals surface area contributed by atoms with Crippen LogP contribution in [0.2, 0.25) is 0 Å².